The third-order valence-corrected chi connectivity index (χ3v) is 10.1. The van der Waals surface area contributed by atoms with E-state index in [1.165, 1.54) is 12.4 Å². The molecule has 2 fully saturated rings. The number of carbonyl (C=O) groups excluding carboxylic acids is 2. The number of nitrogens with two attached hydrogens (primary N) is 2. The van der Waals surface area contributed by atoms with Crippen LogP contribution in [0.5, 0.6) is 0 Å². The lowest BCUT2D eigenvalue weighted by molar-refractivity contribution is 0.0867. The van der Waals surface area contributed by atoms with Crippen LogP contribution in [0.2, 0.25) is 0 Å². The summed E-state index contributed by atoms with van der Waals surface area (Å²) in [5.74, 6) is 0.429. The Bertz CT molecular complexity index is 2260. The van der Waals surface area contributed by atoms with Crippen molar-refractivity contribution in [2.75, 3.05) is 16.8 Å². The number of anilines is 4. The Hall–Kier alpha value is -6.00. The molecule has 6 heterocycles. The summed E-state index contributed by atoms with van der Waals surface area (Å²) in [5, 5.41) is 18.5. The summed E-state index contributed by atoms with van der Waals surface area (Å²) in [4.78, 5) is 67.5. The zero-order valence-electron chi connectivity index (χ0n) is 28.4. The summed E-state index contributed by atoms with van der Waals surface area (Å²) in [7, 11) is 0. The van der Waals surface area contributed by atoms with Crippen molar-refractivity contribution in [2.45, 2.75) is 89.4 Å². The van der Waals surface area contributed by atoms with Gasteiger partial charge in [-0.05, 0) is 88.5 Å². The van der Waals surface area contributed by atoms with Gasteiger partial charge in [0.25, 0.3) is 22.9 Å². The number of amides is 2. The molecule has 0 saturated heterocycles. The van der Waals surface area contributed by atoms with Crippen molar-refractivity contribution in [1.29, 1.82) is 0 Å². The zero-order chi connectivity index (χ0) is 36.1. The van der Waals surface area contributed by atoms with Gasteiger partial charge in [0.1, 0.15) is 64.2 Å². The van der Waals surface area contributed by atoms with E-state index in [9.17, 15) is 24.4 Å². The summed E-state index contributed by atoms with van der Waals surface area (Å²) < 4.78 is 3.90. The van der Waals surface area contributed by atoms with Crippen LogP contribution in [-0.2, 0) is 11.3 Å². The summed E-state index contributed by atoms with van der Waals surface area (Å²) in [6.07, 6.45) is 11.6. The van der Waals surface area contributed by atoms with Gasteiger partial charge in [0, 0.05) is 12.1 Å². The van der Waals surface area contributed by atoms with Crippen LogP contribution in [0.4, 0.5) is 28.8 Å². The molecule has 4 aliphatic rings. The number of aromatic nitrogens is 6. The molecule has 17 nitrogen and oxygen atoms in total. The van der Waals surface area contributed by atoms with E-state index in [0.717, 1.165) is 76.1 Å². The Morgan fingerprint density at radius 3 is 1.90 bits per heavy atom. The average molecular weight is 697 g/mol. The molecule has 2 amide bonds. The fourth-order valence-electron chi connectivity index (χ4n) is 7.82. The van der Waals surface area contributed by atoms with Crippen LogP contribution in [0.15, 0.2) is 51.5 Å². The van der Waals surface area contributed by atoms with Gasteiger partial charge in [-0.15, -0.1) is 0 Å². The molecule has 2 aliphatic carbocycles. The molecule has 8 N–H and O–H groups in total. The van der Waals surface area contributed by atoms with E-state index < -0.39 is 11.3 Å². The van der Waals surface area contributed by atoms with Gasteiger partial charge in [-0.2, -0.15) is 4.73 Å². The van der Waals surface area contributed by atoms with E-state index >= 15 is 0 Å². The van der Waals surface area contributed by atoms with Crippen LogP contribution in [-0.4, -0.2) is 45.8 Å². The van der Waals surface area contributed by atoms with Gasteiger partial charge >= 0.3 is 0 Å². The SMILES string of the molecule is Cc1cc(N=c2cc(N)n(O)cn2)c(=O)n2c1C(=O)NC21CCCCC1.Cc1cc(Nc2cc(N)ncn2)c(=O)n2c1C(=O)NC21CCCCC1. The second kappa shape index (κ2) is 12.7. The van der Waals surface area contributed by atoms with Crippen molar-refractivity contribution >= 4 is 40.6 Å². The van der Waals surface area contributed by atoms with E-state index in [0.29, 0.717) is 39.0 Å². The predicted molar refractivity (Wildman–Crippen MR) is 187 cm³/mol. The largest absolute Gasteiger partial charge is 0.426 e. The quantitative estimate of drug-likeness (QED) is 0.170. The first kappa shape index (κ1) is 33.5. The maximum absolute atomic E-state index is 13.2. The minimum atomic E-state index is -0.657. The van der Waals surface area contributed by atoms with E-state index in [4.69, 9.17) is 11.5 Å². The number of nitrogen functional groups attached to an aromatic ring is 2. The lowest BCUT2D eigenvalue weighted by Crippen LogP contribution is -2.48. The minimum absolute atomic E-state index is 0.0531. The Kier molecular flexibility index (Phi) is 8.35. The summed E-state index contributed by atoms with van der Waals surface area (Å²) in [6, 6.07) is 6.21. The minimum Gasteiger partial charge on any atom is -0.426 e. The molecule has 17 heteroatoms. The van der Waals surface area contributed by atoms with Crippen LogP contribution in [0.3, 0.4) is 0 Å². The molecule has 2 spiro atoms. The predicted octanol–water partition coefficient (Wildman–Crippen LogP) is 2.40. The molecular weight excluding hydrogens is 656 g/mol. The van der Waals surface area contributed by atoms with Crippen LogP contribution in [0.1, 0.15) is 96.3 Å². The van der Waals surface area contributed by atoms with E-state index in [2.05, 4.69) is 35.9 Å². The maximum atomic E-state index is 13.2. The third kappa shape index (κ3) is 5.87. The fourth-order valence-corrected chi connectivity index (χ4v) is 7.82. The van der Waals surface area contributed by atoms with Crippen molar-refractivity contribution in [3.63, 3.8) is 0 Å². The monoisotopic (exact) mass is 696 g/mol. The van der Waals surface area contributed by atoms with Crippen molar-refractivity contribution in [3.05, 3.63) is 85.6 Å². The van der Waals surface area contributed by atoms with Gasteiger partial charge in [-0.25, -0.2) is 19.9 Å². The molecule has 266 valence electrons. The molecule has 4 aromatic heterocycles. The van der Waals surface area contributed by atoms with Gasteiger partial charge in [-0.3, -0.25) is 28.3 Å². The van der Waals surface area contributed by atoms with E-state index in [-0.39, 0.29) is 39.9 Å². The highest BCUT2D eigenvalue weighted by Crippen LogP contribution is 2.39. The number of nitrogens with one attached hydrogen (secondary N) is 3. The smallest absolute Gasteiger partial charge is 0.279 e. The van der Waals surface area contributed by atoms with E-state index in [1.54, 1.807) is 34.3 Å². The van der Waals surface area contributed by atoms with Crippen LogP contribution in [0.25, 0.3) is 0 Å². The number of fused-ring (bicyclic) bond motifs is 4. The lowest BCUT2D eigenvalue weighted by Gasteiger charge is -2.35. The molecule has 2 aliphatic heterocycles. The number of hydrogen-bond donors (Lipinski definition) is 6. The average Bonchev–Trinajstić information content (AvgIpc) is 3.54. The molecule has 0 unspecified atom stereocenters. The first-order chi connectivity index (χ1) is 24.4. The number of hydrogen-bond acceptors (Lipinski definition) is 12. The second-order valence-corrected chi connectivity index (χ2v) is 13.6. The van der Waals surface area contributed by atoms with Gasteiger partial charge in [0.2, 0.25) is 0 Å². The highest BCUT2D eigenvalue weighted by molar-refractivity contribution is 5.97. The zero-order valence-corrected chi connectivity index (χ0v) is 28.4. The van der Waals surface area contributed by atoms with Gasteiger partial charge in [-0.1, -0.05) is 12.8 Å². The van der Waals surface area contributed by atoms with Gasteiger partial charge < -0.3 is 32.6 Å². The summed E-state index contributed by atoms with van der Waals surface area (Å²) >= 11 is 0. The van der Waals surface area contributed by atoms with Crippen LogP contribution in [0, 0.1) is 13.8 Å². The number of nitrogens with zero attached hydrogens (tertiary/aromatic N) is 7. The Morgan fingerprint density at radius 1 is 0.765 bits per heavy atom. The number of aryl methyl sites for hydroxylation is 2. The Morgan fingerprint density at radius 2 is 1.33 bits per heavy atom. The maximum Gasteiger partial charge on any atom is 0.279 e. The number of pyridine rings is 2. The standard InChI is InChI=1S/C17H20N6O3.C17H20N6O2/c1-10-7-11(20-13-8-12(18)22(26)9-19-13)16(25)23-14(10)15(24)21-17(23)5-3-2-4-6-17;1-10-7-11(21-13-8-12(18)19-9-20-13)16(25)23-14(10)15(24)22-17(23)5-3-2-4-6-17/h7-9,26H,2-6,18H2,1H3,(H,21,24);7-9H,2-6H2,1H3,(H,22,24)(H3,18,19,20,21). The molecule has 8 rings (SSSR count). The molecule has 51 heavy (non-hydrogen) atoms. The molecule has 0 radical (unpaired) electrons. The topological polar surface area (TPSA) is 242 Å². The van der Waals surface area contributed by atoms with Gasteiger partial charge in [0.05, 0.1) is 0 Å². The van der Waals surface area contributed by atoms with Gasteiger partial charge in [0.15, 0.2) is 5.49 Å². The highest BCUT2D eigenvalue weighted by atomic mass is 16.5. The summed E-state index contributed by atoms with van der Waals surface area (Å²) in [5.41, 5.74) is 12.6. The number of carbonyl (C=O) groups is 2. The van der Waals surface area contributed by atoms with Crippen molar-refractivity contribution in [2.24, 2.45) is 4.99 Å². The highest BCUT2D eigenvalue weighted by Gasteiger charge is 2.46. The van der Waals surface area contributed by atoms with E-state index in [1.807, 2.05) is 6.92 Å². The number of rotatable bonds is 3. The third-order valence-electron chi connectivity index (χ3n) is 10.1. The summed E-state index contributed by atoms with van der Waals surface area (Å²) in [6.45, 7) is 3.63. The normalized spacial score (nSPS) is 18.4. The lowest BCUT2D eigenvalue weighted by atomic mass is 9.89. The van der Waals surface area contributed by atoms with Crippen LogP contribution >= 0.6 is 0 Å². The molecule has 0 bridgehead atoms. The second-order valence-electron chi connectivity index (χ2n) is 13.6. The molecular formula is C34H40N12O5. The van der Waals surface area contributed by atoms with Crippen molar-refractivity contribution in [3.8, 4) is 0 Å². The first-order valence-electron chi connectivity index (χ1n) is 17.0. The fraction of sp³-hybridized carbons (Fsp3) is 0.412. The Labute approximate surface area is 291 Å². The first-order valence-corrected chi connectivity index (χ1v) is 17.0. The molecule has 0 atom stereocenters. The molecule has 4 aromatic rings. The van der Waals surface area contributed by atoms with Crippen LogP contribution < -0.4 is 44.0 Å². The Balaban J connectivity index is 0.000000159. The van der Waals surface area contributed by atoms with Crippen molar-refractivity contribution < 1.29 is 14.8 Å². The van der Waals surface area contributed by atoms with Crippen molar-refractivity contribution in [1.82, 2.24) is 39.5 Å². The molecule has 0 aromatic carbocycles. The molecule has 2 saturated carbocycles.